The number of aryl methyl sites for hydroxylation is 1. The molecule has 1 fully saturated rings. The van der Waals surface area contributed by atoms with Crippen LogP contribution < -0.4 is 10.2 Å². The van der Waals surface area contributed by atoms with Crippen LogP contribution in [0.1, 0.15) is 18.4 Å². The Hall–Kier alpha value is -3.15. The van der Waals surface area contributed by atoms with Crippen LogP contribution in [-0.4, -0.2) is 47.9 Å². The molecule has 6 nitrogen and oxygen atoms in total. The molecule has 0 saturated carbocycles. The van der Waals surface area contributed by atoms with Crippen molar-refractivity contribution in [2.75, 3.05) is 36.4 Å². The molecule has 6 heteroatoms. The van der Waals surface area contributed by atoms with Gasteiger partial charge in [-0.3, -0.25) is 9.59 Å². The second-order valence-corrected chi connectivity index (χ2v) is 7.96. The zero-order valence-electron chi connectivity index (χ0n) is 17.3. The number of pyridine rings is 1. The number of anilines is 2. The van der Waals surface area contributed by atoms with Crippen LogP contribution >= 0.6 is 0 Å². The molecule has 1 aliphatic carbocycles. The molecular weight excluding hydrogens is 376 g/mol. The topological polar surface area (TPSA) is 65.5 Å². The Morgan fingerprint density at radius 3 is 2.33 bits per heavy atom. The van der Waals surface area contributed by atoms with Crippen LogP contribution in [0.25, 0.3) is 0 Å². The van der Waals surface area contributed by atoms with E-state index in [9.17, 15) is 9.59 Å². The highest BCUT2D eigenvalue weighted by molar-refractivity contribution is 5.97. The smallest absolute Gasteiger partial charge is 0.228 e. The first-order valence-corrected chi connectivity index (χ1v) is 10.6. The minimum absolute atomic E-state index is 0.0703. The van der Waals surface area contributed by atoms with Gasteiger partial charge in [-0.1, -0.05) is 36.4 Å². The number of hydrogen-bond acceptors (Lipinski definition) is 4. The molecule has 4 rings (SSSR count). The second-order valence-electron chi connectivity index (χ2n) is 7.96. The van der Waals surface area contributed by atoms with Crippen molar-refractivity contribution in [2.24, 2.45) is 11.8 Å². The van der Waals surface area contributed by atoms with Crippen LogP contribution in [0, 0.1) is 18.8 Å². The highest BCUT2D eigenvalue weighted by Crippen LogP contribution is 2.30. The summed E-state index contributed by atoms with van der Waals surface area (Å²) in [5.41, 5.74) is 1.83. The lowest BCUT2D eigenvalue weighted by molar-refractivity contribution is -0.141. The monoisotopic (exact) mass is 404 g/mol. The summed E-state index contributed by atoms with van der Waals surface area (Å²) in [5, 5.41) is 3.04. The molecule has 30 heavy (non-hydrogen) atoms. The minimum atomic E-state index is -0.337. The number of benzene rings is 1. The predicted molar refractivity (Wildman–Crippen MR) is 118 cm³/mol. The average molecular weight is 405 g/mol. The molecule has 1 aromatic heterocycles. The van der Waals surface area contributed by atoms with E-state index in [1.54, 1.807) is 6.20 Å². The first kappa shape index (κ1) is 20.1. The van der Waals surface area contributed by atoms with Crippen LogP contribution in [0.2, 0.25) is 0 Å². The van der Waals surface area contributed by atoms with E-state index >= 15 is 0 Å². The van der Waals surface area contributed by atoms with Gasteiger partial charge in [-0.05, 0) is 43.5 Å². The largest absolute Gasteiger partial charge is 0.353 e. The molecule has 2 amide bonds. The van der Waals surface area contributed by atoms with Crippen molar-refractivity contribution in [2.45, 2.75) is 19.8 Å². The van der Waals surface area contributed by atoms with Crippen LogP contribution in [0.3, 0.4) is 0 Å². The van der Waals surface area contributed by atoms with E-state index in [2.05, 4.69) is 15.2 Å². The molecule has 2 atom stereocenters. The molecule has 0 spiro atoms. The third-order valence-electron chi connectivity index (χ3n) is 6.05. The maximum Gasteiger partial charge on any atom is 0.228 e. The van der Waals surface area contributed by atoms with E-state index in [0.29, 0.717) is 25.9 Å². The quantitative estimate of drug-likeness (QED) is 0.795. The number of nitrogens with one attached hydrogen (secondary N) is 1. The first-order valence-electron chi connectivity index (χ1n) is 10.6. The third kappa shape index (κ3) is 4.37. The fourth-order valence-corrected chi connectivity index (χ4v) is 4.25. The van der Waals surface area contributed by atoms with E-state index in [1.807, 2.05) is 66.4 Å². The van der Waals surface area contributed by atoms with Crippen LogP contribution in [0.5, 0.6) is 0 Å². The molecule has 2 aromatic rings. The third-order valence-corrected chi connectivity index (χ3v) is 6.05. The molecule has 2 heterocycles. The summed E-state index contributed by atoms with van der Waals surface area (Å²) < 4.78 is 0. The van der Waals surface area contributed by atoms with E-state index in [4.69, 9.17) is 0 Å². The normalized spacial score (nSPS) is 21.4. The standard InChI is InChI=1S/C24H28N4O2/c1-18-8-2-5-11-21(18)26-23(29)19-9-3-4-10-20(19)24(30)28-16-14-27(15-17-28)22-12-6-7-13-25-22/h2-8,11-13,19-20H,9-10,14-17H2,1H3,(H,26,29). The lowest BCUT2D eigenvalue weighted by atomic mass is 9.81. The van der Waals surface area contributed by atoms with Crippen molar-refractivity contribution in [3.63, 3.8) is 0 Å². The van der Waals surface area contributed by atoms with Crippen molar-refractivity contribution in [1.82, 2.24) is 9.88 Å². The summed E-state index contributed by atoms with van der Waals surface area (Å²) in [6, 6.07) is 13.6. The zero-order valence-corrected chi connectivity index (χ0v) is 17.3. The number of carbonyl (C=O) groups is 2. The minimum Gasteiger partial charge on any atom is -0.353 e. The van der Waals surface area contributed by atoms with E-state index in [-0.39, 0.29) is 23.7 Å². The van der Waals surface area contributed by atoms with Crippen molar-refractivity contribution in [3.8, 4) is 0 Å². The Labute approximate surface area is 177 Å². The van der Waals surface area contributed by atoms with Gasteiger partial charge in [0.1, 0.15) is 5.82 Å². The molecule has 156 valence electrons. The Kier molecular flexibility index (Phi) is 6.12. The molecule has 1 N–H and O–H groups in total. The van der Waals surface area contributed by atoms with Gasteiger partial charge in [-0.2, -0.15) is 0 Å². The molecule has 2 aliphatic rings. The number of piperazine rings is 1. The maximum atomic E-state index is 13.3. The number of allylic oxidation sites excluding steroid dienone is 2. The predicted octanol–water partition coefficient (Wildman–Crippen LogP) is 3.26. The Bertz CT molecular complexity index is 920. The first-order chi connectivity index (χ1) is 14.6. The van der Waals surface area contributed by atoms with Gasteiger partial charge in [-0.25, -0.2) is 4.98 Å². The summed E-state index contributed by atoms with van der Waals surface area (Å²) in [5.74, 6) is 0.320. The molecule has 1 aromatic carbocycles. The number of hydrogen-bond donors (Lipinski definition) is 1. The van der Waals surface area contributed by atoms with Crippen molar-refractivity contribution >= 4 is 23.3 Å². The SMILES string of the molecule is Cc1ccccc1NC(=O)C1CC=CCC1C(=O)N1CCN(c2ccccn2)CC1. The van der Waals surface area contributed by atoms with E-state index in [0.717, 1.165) is 30.2 Å². The lowest BCUT2D eigenvalue weighted by Gasteiger charge is -2.38. The van der Waals surface area contributed by atoms with Gasteiger partial charge in [0.2, 0.25) is 11.8 Å². The Morgan fingerprint density at radius 1 is 0.933 bits per heavy atom. The summed E-state index contributed by atoms with van der Waals surface area (Å²) in [7, 11) is 0. The number of para-hydroxylation sites is 1. The summed E-state index contributed by atoms with van der Waals surface area (Å²) in [6.45, 7) is 4.79. The number of rotatable bonds is 4. The van der Waals surface area contributed by atoms with Crippen molar-refractivity contribution < 1.29 is 9.59 Å². The van der Waals surface area contributed by atoms with E-state index < -0.39 is 0 Å². The highest BCUT2D eigenvalue weighted by atomic mass is 16.2. The summed E-state index contributed by atoms with van der Waals surface area (Å²) in [4.78, 5) is 34.9. The van der Waals surface area contributed by atoms with Gasteiger partial charge in [0, 0.05) is 38.1 Å². The molecule has 1 aliphatic heterocycles. The molecular formula is C24H28N4O2. The van der Waals surface area contributed by atoms with Crippen LogP contribution in [0.15, 0.2) is 60.8 Å². The molecule has 0 bridgehead atoms. The number of carbonyl (C=O) groups excluding carboxylic acids is 2. The van der Waals surface area contributed by atoms with Crippen LogP contribution in [0.4, 0.5) is 11.5 Å². The molecule has 2 unspecified atom stereocenters. The van der Waals surface area contributed by atoms with Gasteiger partial charge in [0.15, 0.2) is 0 Å². The zero-order chi connectivity index (χ0) is 20.9. The fourth-order valence-electron chi connectivity index (χ4n) is 4.25. The molecule has 1 saturated heterocycles. The Morgan fingerprint density at radius 2 is 1.63 bits per heavy atom. The number of amides is 2. The van der Waals surface area contributed by atoms with E-state index in [1.165, 1.54) is 0 Å². The lowest BCUT2D eigenvalue weighted by Crippen LogP contribution is -2.52. The summed E-state index contributed by atoms with van der Waals surface area (Å²) >= 11 is 0. The van der Waals surface area contributed by atoms with Gasteiger partial charge in [0.25, 0.3) is 0 Å². The van der Waals surface area contributed by atoms with Gasteiger partial charge >= 0.3 is 0 Å². The summed E-state index contributed by atoms with van der Waals surface area (Å²) in [6.07, 6.45) is 7.06. The highest BCUT2D eigenvalue weighted by Gasteiger charge is 2.37. The maximum absolute atomic E-state index is 13.3. The Balaban J connectivity index is 1.40. The number of nitrogens with zero attached hydrogens (tertiary/aromatic N) is 3. The van der Waals surface area contributed by atoms with Crippen LogP contribution in [-0.2, 0) is 9.59 Å². The number of aromatic nitrogens is 1. The van der Waals surface area contributed by atoms with Gasteiger partial charge in [0.05, 0.1) is 11.8 Å². The second kappa shape index (κ2) is 9.11. The average Bonchev–Trinajstić information content (AvgIpc) is 2.81. The fraction of sp³-hybridized carbons (Fsp3) is 0.375. The van der Waals surface area contributed by atoms with Gasteiger partial charge < -0.3 is 15.1 Å². The molecule has 0 radical (unpaired) electrons. The van der Waals surface area contributed by atoms with Crippen molar-refractivity contribution in [1.29, 1.82) is 0 Å². The van der Waals surface area contributed by atoms with Gasteiger partial charge in [-0.15, -0.1) is 0 Å². The van der Waals surface area contributed by atoms with Crippen molar-refractivity contribution in [3.05, 3.63) is 66.4 Å².